The summed E-state index contributed by atoms with van der Waals surface area (Å²) in [6, 6.07) is 7.05. The number of ether oxygens (including phenoxy) is 1. The van der Waals surface area contributed by atoms with Gasteiger partial charge in [0.05, 0.1) is 5.39 Å². The highest BCUT2D eigenvalue weighted by Crippen LogP contribution is 2.12. The first kappa shape index (κ1) is 10.4. The number of esters is 1. The van der Waals surface area contributed by atoms with Crippen molar-refractivity contribution in [2.24, 2.45) is 0 Å². The molecule has 1 aromatic heterocycles. The second-order valence-corrected chi connectivity index (χ2v) is 3.33. The maximum atomic E-state index is 11.4. The molecule has 0 fully saturated rings. The number of aromatic nitrogens is 2. The van der Waals surface area contributed by atoms with E-state index < -0.39 is 0 Å². The molecule has 0 saturated heterocycles. The molecule has 0 aliphatic rings. The lowest BCUT2D eigenvalue weighted by Gasteiger charge is -2.04. The highest BCUT2D eigenvalue weighted by atomic mass is 16.5. The Bertz CT molecular complexity index is 589. The Morgan fingerprint density at radius 2 is 2.06 bits per heavy atom. The second-order valence-electron chi connectivity index (χ2n) is 3.33. The fraction of sp³-hybridized carbons (Fsp3) is 0.182. The van der Waals surface area contributed by atoms with Gasteiger partial charge in [0.1, 0.15) is 12.3 Å². The standard InChI is InChI=1S/C11H10N2O3/c1-7(14)16-6-10-8-4-2-3-5-9(8)11(15)13-12-10/h2-5H,6H2,1H3,(H,13,15). The molecule has 0 spiro atoms. The summed E-state index contributed by atoms with van der Waals surface area (Å²) in [5, 5.41) is 7.48. The summed E-state index contributed by atoms with van der Waals surface area (Å²) >= 11 is 0. The zero-order chi connectivity index (χ0) is 11.5. The van der Waals surface area contributed by atoms with E-state index in [0.717, 1.165) is 0 Å². The van der Waals surface area contributed by atoms with E-state index in [-0.39, 0.29) is 18.1 Å². The fourth-order valence-corrected chi connectivity index (χ4v) is 1.45. The van der Waals surface area contributed by atoms with Crippen LogP contribution in [0.2, 0.25) is 0 Å². The van der Waals surface area contributed by atoms with Gasteiger partial charge >= 0.3 is 5.97 Å². The first-order valence-electron chi connectivity index (χ1n) is 4.78. The van der Waals surface area contributed by atoms with Crippen LogP contribution in [0.25, 0.3) is 10.8 Å². The molecule has 82 valence electrons. The average Bonchev–Trinajstić information content (AvgIpc) is 2.28. The Morgan fingerprint density at radius 1 is 1.38 bits per heavy atom. The van der Waals surface area contributed by atoms with Crippen LogP contribution >= 0.6 is 0 Å². The first-order valence-corrected chi connectivity index (χ1v) is 4.78. The van der Waals surface area contributed by atoms with E-state index in [1.165, 1.54) is 6.92 Å². The number of H-pyrrole nitrogens is 1. The van der Waals surface area contributed by atoms with Gasteiger partial charge in [-0.15, -0.1) is 0 Å². The highest BCUT2D eigenvalue weighted by Gasteiger charge is 2.06. The summed E-state index contributed by atoms with van der Waals surface area (Å²) in [6.07, 6.45) is 0. The van der Waals surface area contributed by atoms with Crippen LogP contribution in [0, 0.1) is 0 Å². The predicted octanol–water partition coefficient (Wildman–Crippen LogP) is 0.986. The van der Waals surface area contributed by atoms with E-state index in [9.17, 15) is 9.59 Å². The molecule has 0 saturated carbocycles. The molecule has 0 bridgehead atoms. The number of hydrogen-bond acceptors (Lipinski definition) is 4. The Balaban J connectivity index is 2.50. The van der Waals surface area contributed by atoms with Crippen molar-refractivity contribution >= 4 is 16.7 Å². The molecule has 0 aliphatic carbocycles. The van der Waals surface area contributed by atoms with Crippen LogP contribution in [-0.2, 0) is 16.1 Å². The van der Waals surface area contributed by atoms with Crippen LogP contribution in [-0.4, -0.2) is 16.2 Å². The molecule has 0 radical (unpaired) electrons. The summed E-state index contributed by atoms with van der Waals surface area (Å²) in [4.78, 5) is 22.1. The number of aromatic amines is 1. The van der Waals surface area contributed by atoms with Gasteiger partial charge in [0, 0.05) is 12.3 Å². The zero-order valence-corrected chi connectivity index (χ0v) is 8.69. The largest absolute Gasteiger partial charge is 0.459 e. The number of benzene rings is 1. The summed E-state index contributed by atoms with van der Waals surface area (Å²) in [5.74, 6) is -0.378. The number of nitrogens with one attached hydrogen (secondary N) is 1. The summed E-state index contributed by atoms with van der Waals surface area (Å²) in [6.45, 7) is 1.39. The van der Waals surface area contributed by atoms with Gasteiger partial charge in [0.15, 0.2) is 0 Å². The molecule has 2 aromatic rings. The molecular weight excluding hydrogens is 208 g/mol. The third kappa shape index (κ3) is 1.93. The zero-order valence-electron chi connectivity index (χ0n) is 8.69. The molecule has 1 N–H and O–H groups in total. The van der Waals surface area contributed by atoms with Crippen LogP contribution in [0.1, 0.15) is 12.6 Å². The molecular formula is C11H10N2O3. The van der Waals surface area contributed by atoms with Crippen LogP contribution in [0.5, 0.6) is 0 Å². The lowest BCUT2D eigenvalue weighted by Crippen LogP contribution is -2.12. The van der Waals surface area contributed by atoms with Gasteiger partial charge < -0.3 is 4.74 Å². The number of carbonyl (C=O) groups excluding carboxylic acids is 1. The molecule has 1 heterocycles. The highest BCUT2D eigenvalue weighted by molar-refractivity contribution is 5.83. The first-order chi connectivity index (χ1) is 7.68. The van der Waals surface area contributed by atoms with E-state index in [1.54, 1.807) is 24.3 Å². The third-order valence-electron chi connectivity index (χ3n) is 2.19. The van der Waals surface area contributed by atoms with E-state index >= 15 is 0 Å². The van der Waals surface area contributed by atoms with Crippen molar-refractivity contribution in [3.8, 4) is 0 Å². The topological polar surface area (TPSA) is 72.0 Å². The van der Waals surface area contributed by atoms with Crippen molar-refractivity contribution in [1.29, 1.82) is 0 Å². The Morgan fingerprint density at radius 3 is 2.75 bits per heavy atom. The Labute approximate surface area is 91.1 Å². The quantitative estimate of drug-likeness (QED) is 0.763. The number of nitrogens with zero attached hydrogens (tertiary/aromatic N) is 1. The van der Waals surface area contributed by atoms with Gasteiger partial charge in [-0.2, -0.15) is 5.10 Å². The monoisotopic (exact) mass is 218 g/mol. The van der Waals surface area contributed by atoms with Crippen molar-refractivity contribution in [1.82, 2.24) is 10.2 Å². The Kier molecular flexibility index (Phi) is 2.68. The van der Waals surface area contributed by atoms with Crippen LogP contribution in [0.4, 0.5) is 0 Å². The fourth-order valence-electron chi connectivity index (χ4n) is 1.45. The summed E-state index contributed by atoms with van der Waals surface area (Å²) < 4.78 is 4.85. The molecule has 0 atom stereocenters. The van der Waals surface area contributed by atoms with E-state index in [1.807, 2.05) is 0 Å². The number of hydrogen-bond donors (Lipinski definition) is 1. The number of rotatable bonds is 2. The molecule has 1 aromatic carbocycles. The van der Waals surface area contributed by atoms with Crippen molar-refractivity contribution in [2.45, 2.75) is 13.5 Å². The normalized spacial score (nSPS) is 10.3. The second kappa shape index (κ2) is 4.14. The van der Waals surface area contributed by atoms with E-state index in [2.05, 4.69) is 10.2 Å². The molecule has 0 unspecified atom stereocenters. The maximum absolute atomic E-state index is 11.4. The summed E-state index contributed by atoms with van der Waals surface area (Å²) in [5.41, 5.74) is 0.299. The molecule has 16 heavy (non-hydrogen) atoms. The molecule has 0 amide bonds. The average molecular weight is 218 g/mol. The van der Waals surface area contributed by atoms with Gasteiger partial charge in [0.2, 0.25) is 0 Å². The van der Waals surface area contributed by atoms with Crippen molar-refractivity contribution in [3.63, 3.8) is 0 Å². The molecule has 0 aliphatic heterocycles. The van der Waals surface area contributed by atoms with E-state index in [4.69, 9.17) is 4.74 Å². The lowest BCUT2D eigenvalue weighted by atomic mass is 10.1. The van der Waals surface area contributed by atoms with Crippen molar-refractivity contribution < 1.29 is 9.53 Å². The van der Waals surface area contributed by atoms with Crippen LogP contribution in [0.3, 0.4) is 0 Å². The number of fused-ring (bicyclic) bond motifs is 1. The molecule has 5 nitrogen and oxygen atoms in total. The van der Waals surface area contributed by atoms with Crippen LogP contribution < -0.4 is 5.56 Å². The third-order valence-corrected chi connectivity index (χ3v) is 2.19. The van der Waals surface area contributed by atoms with Gasteiger partial charge in [-0.05, 0) is 6.07 Å². The smallest absolute Gasteiger partial charge is 0.303 e. The van der Waals surface area contributed by atoms with Gasteiger partial charge in [-0.3, -0.25) is 9.59 Å². The SMILES string of the molecule is CC(=O)OCc1n[nH]c(=O)c2ccccc12. The van der Waals surface area contributed by atoms with Crippen molar-refractivity contribution in [2.75, 3.05) is 0 Å². The van der Waals surface area contributed by atoms with Gasteiger partial charge in [-0.1, -0.05) is 18.2 Å². The van der Waals surface area contributed by atoms with Gasteiger partial charge in [0.25, 0.3) is 5.56 Å². The van der Waals surface area contributed by atoms with Crippen LogP contribution in [0.15, 0.2) is 29.1 Å². The molecule has 5 heteroatoms. The minimum atomic E-state index is -0.378. The van der Waals surface area contributed by atoms with Crippen molar-refractivity contribution in [3.05, 3.63) is 40.3 Å². The maximum Gasteiger partial charge on any atom is 0.303 e. The minimum Gasteiger partial charge on any atom is -0.459 e. The number of carbonyl (C=O) groups is 1. The minimum absolute atomic E-state index is 0.0621. The molecule has 2 rings (SSSR count). The van der Waals surface area contributed by atoms with Gasteiger partial charge in [-0.25, -0.2) is 5.10 Å². The Hall–Kier alpha value is -2.17. The van der Waals surface area contributed by atoms with E-state index in [0.29, 0.717) is 16.5 Å². The predicted molar refractivity (Wildman–Crippen MR) is 57.8 cm³/mol. The lowest BCUT2D eigenvalue weighted by molar-refractivity contribution is -0.142. The summed E-state index contributed by atoms with van der Waals surface area (Å²) in [7, 11) is 0.